The summed E-state index contributed by atoms with van der Waals surface area (Å²) in [5.74, 6) is -1.69. The van der Waals surface area contributed by atoms with Crippen LogP contribution in [0.5, 0.6) is 0 Å². The van der Waals surface area contributed by atoms with E-state index in [1.807, 2.05) is 30.3 Å². The standard InChI is InChI=1S/C25H24F2N2O2/c26-21-9-4-10-22(27)20(21)16-28-23(30)11-13-25(14-12-24(31)29-25)15-18-7-3-6-17-5-1-2-8-19(17)18/h1-10H,11-16H2,(H,28,30)(H,29,31)/t25-/m0/s1. The minimum Gasteiger partial charge on any atom is -0.352 e. The average molecular weight is 422 g/mol. The molecule has 1 aliphatic rings. The number of fused-ring (bicyclic) bond motifs is 1. The number of amides is 2. The lowest BCUT2D eigenvalue weighted by Gasteiger charge is -2.30. The van der Waals surface area contributed by atoms with Crippen LogP contribution in [0.1, 0.15) is 36.8 Å². The first kappa shape index (κ1) is 21.0. The highest BCUT2D eigenvalue weighted by atomic mass is 19.1. The van der Waals surface area contributed by atoms with E-state index in [4.69, 9.17) is 0 Å². The highest BCUT2D eigenvalue weighted by Crippen LogP contribution is 2.32. The zero-order valence-corrected chi connectivity index (χ0v) is 17.1. The molecule has 0 aliphatic carbocycles. The van der Waals surface area contributed by atoms with Gasteiger partial charge in [0.25, 0.3) is 0 Å². The molecule has 3 aromatic carbocycles. The molecule has 1 saturated heterocycles. The fourth-order valence-corrected chi connectivity index (χ4v) is 4.32. The molecule has 2 N–H and O–H groups in total. The first-order chi connectivity index (χ1) is 15.0. The topological polar surface area (TPSA) is 58.2 Å². The number of nitrogens with one attached hydrogen (secondary N) is 2. The molecule has 1 fully saturated rings. The van der Waals surface area contributed by atoms with Gasteiger partial charge in [-0.1, -0.05) is 48.5 Å². The van der Waals surface area contributed by atoms with Gasteiger partial charge in [-0.15, -0.1) is 0 Å². The van der Waals surface area contributed by atoms with E-state index in [0.717, 1.165) is 28.5 Å². The monoisotopic (exact) mass is 422 g/mol. The molecule has 2 amide bonds. The third-order valence-corrected chi connectivity index (χ3v) is 6.00. The minimum atomic E-state index is -0.684. The highest BCUT2D eigenvalue weighted by molar-refractivity contribution is 5.86. The molecule has 3 aromatic rings. The molecule has 6 heteroatoms. The van der Waals surface area contributed by atoms with Gasteiger partial charge in [-0.3, -0.25) is 9.59 Å². The number of carbonyl (C=O) groups excluding carboxylic acids is 2. The van der Waals surface area contributed by atoms with Crippen molar-refractivity contribution in [3.63, 3.8) is 0 Å². The summed E-state index contributed by atoms with van der Waals surface area (Å²) in [6.45, 7) is -0.208. The maximum atomic E-state index is 13.8. The van der Waals surface area contributed by atoms with Gasteiger partial charge in [0, 0.05) is 30.5 Å². The van der Waals surface area contributed by atoms with Crippen molar-refractivity contribution < 1.29 is 18.4 Å². The summed E-state index contributed by atoms with van der Waals surface area (Å²) < 4.78 is 27.5. The van der Waals surface area contributed by atoms with Crippen LogP contribution in [0.4, 0.5) is 8.78 Å². The lowest BCUT2D eigenvalue weighted by Crippen LogP contribution is -2.44. The lowest BCUT2D eigenvalue weighted by atomic mass is 9.83. The molecule has 4 nitrogen and oxygen atoms in total. The predicted molar refractivity (Wildman–Crippen MR) is 115 cm³/mol. The number of hydrogen-bond acceptors (Lipinski definition) is 2. The Labute approximate surface area is 179 Å². The van der Waals surface area contributed by atoms with Gasteiger partial charge in [0.1, 0.15) is 11.6 Å². The number of rotatable bonds is 7. The summed E-state index contributed by atoms with van der Waals surface area (Å²) in [6, 6.07) is 17.8. The first-order valence-electron chi connectivity index (χ1n) is 10.4. The van der Waals surface area contributed by atoms with E-state index in [2.05, 4.69) is 22.8 Å². The van der Waals surface area contributed by atoms with Crippen LogP contribution in [0.3, 0.4) is 0 Å². The van der Waals surface area contributed by atoms with Gasteiger partial charge in [0.15, 0.2) is 0 Å². The van der Waals surface area contributed by atoms with Crippen molar-refractivity contribution in [2.24, 2.45) is 0 Å². The van der Waals surface area contributed by atoms with Crippen molar-refractivity contribution >= 4 is 22.6 Å². The SMILES string of the molecule is O=C(CC[C@@]1(Cc2cccc3ccccc23)CCC(=O)N1)NCc1c(F)cccc1F. The Kier molecular flexibility index (Phi) is 5.98. The highest BCUT2D eigenvalue weighted by Gasteiger charge is 2.38. The molecule has 31 heavy (non-hydrogen) atoms. The molecule has 0 radical (unpaired) electrons. The van der Waals surface area contributed by atoms with Gasteiger partial charge in [-0.25, -0.2) is 8.78 Å². The van der Waals surface area contributed by atoms with Crippen LogP contribution in [0, 0.1) is 11.6 Å². The quantitative estimate of drug-likeness (QED) is 0.593. The molecule has 0 saturated carbocycles. The van der Waals surface area contributed by atoms with Gasteiger partial charge in [0.2, 0.25) is 11.8 Å². The Hall–Kier alpha value is -3.28. The maximum Gasteiger partial charge on any atom is 0.220 e. The normalized spacial score (nSPS) is 18.2. The zero-order valence-electron chi connectivity index (χ0n) is 17.1. The van der Waals surface area contributed by atoms with Crippen molar-refractivity contribution in [2.45, 2.75) is 44.2 Å². The fourth-order valence-electron chi connectivity index (χ4n) is 4.32. The largest absolute Gasteiger partial charge is 0.352 e. The van der Waals surface area contributed by atoms with Gasteiger partial charge in [-0.05, 0) is 47.7 Å². The third kappa shape index (κ3) is 4.74. The second-order valence-electron chi connectivity index (χ2n) is 8.12. The molecular weight excluding hydrogens is 398 g/mol. The second-order valence-corrected chi connectivity index (χ2v) is 8.12. The van der Waals surface area contributed by atoms with Gasteiger partial charge in [0.05, 0.1) is 0 Å². The predicted octanol–water partition coefficient (Wildman–Crippen LogP) is 4.41. The molecule has 4 rings (SSSR count). The van der Waals surface area contributed by atoms with Crippen LogP contribution >= 0.6 is 0 Å². The summed E-state index contributed by atoms with van der Waals surface area (Å²) in [5.41, 5.74) is 0.451. The molecule has 160 valence electrons. The Morgan fingerprint density at radius 2 is 1.71 bits per heavy atom. The molecule has 0 spiro atoms. The van der Waals surface area contributed by atoms with E-state index in [9.17, 15) is 18.4 Å². The van der Waals surface area contributed by atoms with Crippen molar-refractivity contribution in [2.75, 3.05) is 0 Å². The molecule has 1 aliphatic heterocycles. The second kappa shape index (κ2) is 8.84. The molecular formula is C25H24F2N2O2. The number of hydrogen-bond donors (Lipinski definition) is 2. The Morgan fingerprint density at radius 1 is 1.00 bits per heavy atom. The van der Waals surface area contributed by atoms with E-state index in [1.54, 1.807) is 0 Å². The zero-order chi connectivity index (χ0) is 21.8. The van der Waals surface area contributed by atoms with E-state index in [0.29, 0.717) is 25.7 Å². The molecule has 1 atom stereocenters. The van der Waals surface area contributed by atoms with Crippen LogP contribution < -0.4 is 10.6 Å². The maximum absolute atomic E-state index is 13.8. The van der Waals surface area contributed by atoms with Gasteiger partial charge in [-0.2, -0.15) is 0 Å². The fraction of sp³-hybridized carbons (Fsp3) is 0.280. The minimum absolute atomic E-state index is 0.0194. The molecule has 1 heterocycles. The van der Waals surface area contributed by atoms with Gasteiger partial charge < -0.3 is 10.6 Å². The summed E-state index contributed by atoms with van der Waals surface area (Å²) in [7, 11) is 0. The first-order valence-corrected chi connectivity index (χ1v) is 10.4. The van der Waals surface area contributed by atoms with Crippen LogP contribution in [-0.4, -0.2) is 17.4 Å². The molecule has 0 bridgehead atoms. The van der Waals surface area contributed by atoms with Crippen LogP contribution in [-0.2, 0) is 22.6 Å². The van der Waals surface area contributed by atoms with Crippen molar-refractivity contribution in [3.8, 4) is 0 Å². The van der Waals surface area contributed by atoms with E-state index in [1.165, 1.54) is 6.07 Å². The van der Waals surface area contributed by atoms with Crippen molar-refractivity contribution in [1.82, 2.24) is 10.6 Å². The Bertz CT molecular complexity index is 1110. The number of halogens is 2. The summed E-state index contributed by atoms with van der Waals surface area (Å²) in [6.07, 6.45) is 2.29. The van der Waals surface area contributed by atoms with Crippen LogP contribution in [0.2, 0.25) is 0 Å². The van der Waals surface area contributed by atoms with Gasteiger partial charge >= 0.3 is 0 Å². The van der Waals surface area contributed by atoms with Crippen molar-refractivity contribution in [3.05, 3.63) is 83.4 Å². The molecule has 0 unspecified atom stereocenters. The summed E-state index contributed by atoms with van der Waals surface area (Å²) in [5, 5.41) is 7.94. The average Bonchev–Trinajstić information content (AvgIpc) is 3.13. The lowest BCUT2D eigenvalue weighted by molar-refractivity contribution is -0.122. The Morgan fingerprint density at radius 3 is 2.45 bits per heavy atom. The van der Waals surface area contributed by atoms with Crippen LogP contribution in [0.25, 0.3) is 10.8 Å². The van der Waals surface area contributed by atoms with Crippen LogP contribution in [0.15, 0.2) is 60.7 Å². The summed E-state index contributed by atoms with van der Waals surface area (Å²) >= 11 is 0. The summed E-state index contributed by atoms with van der Waals surface area (Å²) in [4.78, 5) is 24.5. The Balaban J connectivity index is 1.45. The molecule has 0 aromatic heterocycles. The number of benzene rings is 3. The van der Waals surface area contributed by atoms with E-state index < -0.39 is 17.2 Å². The van der Waals surface area contributed by atoms with E-state index in [-0.39, 0.29) is 30.3 Å². The number of carbonyl (C=O) groups is 2. The smallest absolute Gasteiger partial charge is 0.220 e. The van der Waals surface area contributed by atoms with E-state index >= 15 is 0 Å². The third-order valence-electron chi connectivity index (χ3n) is 6.00. The van der Waals surface area contributed by atoms with Crippen molar-refractivity contribution in [1.29, 1.82) is 0 Å².